The maximum Gasteiger partial charge on any atom is 0.309 e. The maximum atomic E-state index is 14.6. The highest BCUT2D eigenvalue weighted by Crippen LogP contribution is 2.45. The number of rotatable bonds is 14. The molecule has 0 aliphatic carbocycles. The van der Waals surface area contributed by atoms with E-state index in [1.807, 2.05) is 44.7 Å². The summed E-state index contributed by atoms with van der Waals surface area (Å²) >= 11 is 0. The largest absolute Gasteiger partial charge is 0.459 e. The molecular formula is C51H87FN6O12. The molecule has 1 unspecified atom stereocenters. The number of anilines is 1. The van der Waals surface area contributed by atoms with E-state index in [0.717, 1.165) is 5.56 Å². The van der Waals surface area contributed by atoms with E-state index in [4.69, 9.17) is 34.2 Å². The molecule has 1 aromatic heterocycles. The number of benzene rings is 1. The first-order valence-electron chi connectivity index (χ1n) is 25.2. The van der Waals surface area contributed by atoms with Crippen molar-refractivity contribution in [1.29, 1.82) is 0 Å². The number of carbonyl (C=O) groups excluding carboxylic acids is 1. The molecule has 1 aromatic carbocycles. The van der Waals surface area contributed by atoms with Crippen LogP contribution in [-0.4, -0.2) is 188 Å². The maximum absolute atomic E-state index is 14.6. The van der Waals surface area contributed by atoms with Crippen LogP contribution in [0.1, 0.15) is 118 Å². The number of esters is 1. The molecule has 70 heavy (non-hydrogen) atoms. The summed E-state index contributed by atoms with van der Waals surface area (Å²) < 4.78 is 54.0. The summed E-state index contributed by atoms with van der Waals surface area (Å²) in [5.74, 6) is -3.24. The van der Waals surface area contributed by atoms with Crippen LogP contribution in [0, 0.1) is 23.7 Å². The Hall–Kier alpha value is -2.92. The molecular weight excluding hydrogens is 908 g/mol. The lowest BCUT2D eigenvalue weighted by molar-refractivity contribution is -0.302. The van der Waals surface area contributed by atoms with Gasteiger partial charge in [-0.3, -0.25) is 4.79 Å². The highest BCUT2D eigenvalue weighted by molar-refractivity contribution is 5.73. The third kappa shape index (κ3) is 12.9. The molecule has 3 fully saturated rings. The molecule has 3 aliphatic heterocycles. The zero-order chi connectivity index (χ0) is 52.2. The minimum atomic E-state index is -1.83. The molecule has 7 N–H and O–H groups in total. The molecule has 18 nitrogen and oxygen atoms in total. The van der Waals surface area contributed by atoms with Crippen molar-refractivity contribution in [1.82, 2.24) is 24.8 Å². The summed E-state index contributed by atoms with van der Waals surface area (Å²) in [6.07, 6.45) is -6.20. The third-order valence-electron chi connectivity index (χ3n) is 16.1. The van der Waals surface area contributed by atoms with E-state index in [0.29, 0.717) is 37.3 Å². The highest BCUT2D eigenvalue weighted by atomic mass is 19.1. The fourth-order valence-electron chi connectivity index (χ4n) is 11.7. The third-order valence-corrected chi connectivity index (χ3v) is 16.1. The van der Waals surface area contributed by atoms with Gasteiger partial charge in [0.2, 0.25) is 0 Å². The van der Waals surface area contributed by atoms with Gasteiger partial charge in [-0.2, -0.15) is 0 Å². The Morgan fingerprint density at radius 1 is 1.00 bits per heavy atom. The Kier molecular flexibility index (Phi) is 19.8. The molecule has 4 heterocycles. The fraction of sp³-hybridized carbons (Fsp3) is 0.824. The number of ether oxygens (including phenoxy) is 6. The zero-order valence-electron chi connectivity index (χ0n) is 44.1. The normalized spacial score (nSPS) is 40.8. The van der Waals surface area contributed by atoms with Crippen LogP contribution in [-0.2, 0) is 39.6 Å². The second-order valence-electron chi connectivity index (χ2n) is 21.8. The minimum absolute atomic E-state index is 0.174. The van der Waals surface area contributed by atoms with Crippen molar-refractivity contribution in [2.75, 3.05) is 53.8 Å². The second kappa shape index (κ2) is 24.0. The molecule has 3 saturated heterocycles. The van der Waals surface area contributed by atoms with Gasteiger partial charge >= 0.3 is 5.97 Å². The summed E-state index contributed by atoms with van der Waals surface area (Å²) in [6, 6.07) is 5.25. The molecule has 3 aliphatic rings. The molecule has 5 rings (SSSR count). The number of nitrogen functional groups attached to an aromatic ring is 1. The predicted molar refractivity (Wildman–Crippen MR) is 261 cm³/mol. The summed E-state index contributed by atoms with van der Waals surface area (Å²) in [4.78, 5) is 18.5. The molecule has 400 valence electrons. The molecule has 2 aromatic rings. The number of aliphatic hydroxyl groups is 5. The average Bonchev–Trinajstić information content (AvgIpc) is 3.78. The van der Waals surface area contributed by atoms with E-state index < -0.39 is 120 Å². The van der Waals surface area contributed by atoms with Crippen LogP contribution in [0.15, 0.2) is 30.5 Å². The Morgan fingerprint density at radius 3 is 2.26 bits per heavy atom. The number of alkyl halides is 1. The van der Waals surface area contributed by atoms with Gasteiger partial charge in [0.25, 0.3) is 0 Å². The van der Waals surface area contributed by atoms with Crippen LogP contribution in [0.25, 0.3) is 0 Å². The lowest BCUT2D eigenvalue weighted by Crippen LogP contribution is -2.62. The van der Waals surface area contributed by atoms with Crippen molar-refractivity contribution < 1.29 is 63.1 Å². The molecule has 0 spiro atoms. The van der Waals surface area contributed by atoms with Gasteiger partial charge < -0.3 is 69.5 Å². The van der Waals surface area contributed by atoms with Gasteiger partial charge in [0.15, 0.2) is 6.29 Å². The van der Waals surface area contributed by atoms with Gasteiger partial charge in [-0.15, -0.1) is 5.10 Å². The number of aliphatic hydroxyl groups excluding tert-OH is 3. The van der Waals surface area contributed by atoms with Crippen LogP contribution < -0.4 is 5.73 Å². The van der Waals surface area contributed by atoms with Crippen LogP contribution in [0.5, 0.6) is 0 Å². The van der Waals surface area contributed by atoms with Crippen LogP contribution >= 0.6 is 0 Å². The number of hydrogen-bond acceptors (Lipinski definition) is 17. The van der Waals surface area contributed by atoms with Gasteiger partial charge in [0, 0.05) is 70.0 Å². The second-order valence-corrected chi connectivity index (χ2v) is 21.8. The van der Waals surface area contributed by atoms with Crippen LogP contribution in [0.3, 0.4) is 0 Å². The summed E-state index contributed by atoms with van der Waals surface area (Å²) in [5.41, 5.74) is 3.33. The number of carbonyl (C=O) groups is 1. The van der Waals surface area contributed by atoms with E-state index in [-0.39, 0.29) is 31.3 Å². The minimum Gasteiger partial charge on any atom is -0.459 e. The lowest BCUT2D eigenvalue weighted by Gasteiger charge is -2.51. The smallest absolute Gasteiger partial charge is 0.309 e. The van der Waals surface area contributed by atoms with Crippen molar-refractivity contribution in [3.63, 3.8) is 0 Å². The number of nitrogens with zero attached hydrogens (tertiary/aromatic N) is 5. The average molecular weight is 995 g/mol. The number of cyclic esters (lactones) is 1. The van der Waals surface area contributed by atoms with Crippen molar-refractivity contribution in [2.24, 2.45) is 23.7 Å². The van der Waals surface area contributed by atoms with Gasteiger partial charge in [0.05, 0.1) is 47.2 Å². The lowest BCUT2D eigenvalue weighted by atomic mass is 9.68. The van der Waals surface area contributed by atoms with Crippen molar-refractivity contribution in [3.05, 3.63) is 41.7 Å². The van der Waals surface area contributed by atoms with Gasteiger partial charge in [-0.05, 0) is 104 Å². The quantitative estimate of drug-likeness (QED) is 0.116. The summed E-state index contributed by atoms with van der Waals surface area (Å²) in [6.45, 7) is 17.9. The van der Waals surface area contributed by atoms with E-state index in [1.54, 1.807) is 72.0 Å². The zero-order valence-corrected chi connectivity index (χ0v) is 44.1. The summed E-state index contributed by atoms with van der Waals surface area (Å²) in [7, 11) is 6.77. The number of nitrogens with two attached hydrogens (primary N) is 1. The van der Waals surface area contributed by atoms with E-state index in [2.05, 4.69) is 10.3 Å². The Morgan fingerprint density at radius 2 is 1.66 bits per heavy atom. The van der Waals surface area contributed by atoms with E-state index in [1.165, 1.54) is 25.8 Å². The monoisotopic (exact) mass is 995 g/mol. The summed E-state index contributed by atoms with van der Waals surface area (Å²) in [5, 5.41) is 68.7. The Bertz CT molecular complexity index is 1950. The first-order valence-corrected chi connectivity index (χ1v) is 25.2. The van der Waals surface area contributed by atoms with Gasteiger partial charge in [-0.1, -0.05) is 45.0 Å². The number of aromatic nitrogens is 3. The fourth-order valence-corrected chi connectivity index (χ4v) is 11.7. The van der Waals surface area contributed by atoms with E-state index >= 15 is 0 Å². The van der Waals surface area contributed by atoms with Crippen LogP contribution in [0.2, 0.25) is 0 Å². The number of hydrogen-bond donors (Lipinski definition) is 6. The number of likely N-dealkylation sites (N-methyl/N-ethyl adjacent to an activating group) is 2. The number of halogens is 1. The van der Waals surface area contributed by atoms with E-state index in [9.17, 15) is 34.7 Å². The van der Waals surface area contributed by atoms with Crippen LogP contribution in [0.4, 0.5) is 10.1 Å². The molecule has 0 saturated carbocycles. The molecule has 19 heteroatoms. The highest BCUT2D eigenvalue weighted by Gasteiger charge is 2.55. The standard InChI is InChI=1S/C51H87FN6O12/c1-15-40-51(10,64)44(60)32(6)57(12)26-28(2)23-49(8,63)46(30(4)41(31(5)47(62)69-40)39-24-50(9,66-14)45(61)33(7)68-39)70-48-42(59)37(22-29(3)67-48)56(11)21-20-36-27-58(55-54-36)38(25-52)43(65-13)34-16-18-35(53)19-17-34/h16-19,27-33,37-46,48,59-61,63-64H,15,20-26,53H2,1-14H3/t28-,29-,30+,31-,32-,33+,37+,38-,39?,40-,41+,42-,43-,44-,45+,46-,48+,49-,50-,51-/m1/s1. The number of methoxy groups -OCH3 is 2. The van der Waals surface area contributed by atoms with Crippen molar-refractivity contribution in [2.45, 2.75) is 197 Å². The van der Waals surface area contributed by atoms with Crippen molar-refractivity contribution in [3.8, 4) is 0 Å². The molecule has 20 atom stereocenters. The SMILES string of the molecule is CC[C@H]1OC(=O)[C@H](C)[C@@H](C2C[C@@](C)(OC)[C@@H](O)[C@H](C)O2)[C@H](C)[C@@H](O[C@@H]2O[C@H](C)C[C@H](N(C)CCc3cn([C@H](CF)[C@H](OC)c4ccc(N)cc4)nn3)[C@H]2O)[C@](C)(O)C[C@@H](C)CN(C)[C@H](C)[C@@H](O)[C@]1(C)O. The van der Waals surface area contributed by atoms with Crippen molar-refractivity contribution >= 4 is 11.7 Å². The Labute approximate surface area is 415 Å². The molecule has 0 radical (unpaired) electrons. The molecule has 0 bridgehead atoms. The first kappa shape index (κ1) is 58.0. The first-order chi connectivity index (χ1) is 32.7. The topological polar surface area (TPSA) is 237 Å². The predicted octanol–water partition coefficient (Wildman–Crippen LogP) is 3.86. The molecule has 0 amide bonds. The Balaban J connectivity index is 1.47. The van der Waals surface area contributed by atoms with Gasteiger partial charge in [0.1, 0.15) is 48.8 Å². The van der Waals surface area contributed by atoms with Gasteiger partial charge in [-0.25, -0.2) is 9.07 Å².